The van der Waals surface area contributed by atoms with Crippen LogP contribution in [0.25, 0.3) is 10.9 Å². The lowest BCUT2D eigenvalue weighted by Crippen LogP contribution is -2.25. The quantitative estimate of drug-likeness (QED) is 0.794. The van der Waals surface area contributed by atoms with Gasteiger partial charge in [0, 0.05) is 28.1 Å². The average molecular weight is 233 g/mol. The summed E-state index contributed by atoms with van der Waals surface area (Å²) in [5, 5.41) is 12.4. The highest BCUT2D eigenvalue weighted by Crippen LogP contribution is 2.43. The molecule has 0 saturated carbocycles. The van der Waals surface area contributed by atoms with Crippen molar-refractivity contribution < 1.29 is 5.11 Å². The molecule has 84 valence electrons. The van der Waals surface area contributed by atoms with E-state index in [9.17, 15) is 5.11 Å². The number of rotatable bonds is 1. The summed E-state index contributed by atoms with van der Waals surface area (Å²) in [5.41, 5.74) is 1.53. The number of benzene rings is 1. The summed E-state index contributed by atoms with van der Waals surface area (Å²) in [6.45, 7) is 2.18. The summed E-state index contributed by atoms with van der Waals surface area (Å²) in [6, 6.07) is 8.17. The van der Waals surface area contributed by atoms with Crippen LogP contribution < -0.4 is 0 Å². The molecular formula is C13H15NOS. The van der Waals surface area contributed by atoms with Crippen molar-refractivity contribution in [1.82, 2.24) is 4.98 Å². The van der Waals surface area contributed by atoms with Gasteiger partial charge in [0.05, 0.1) is 0 Å². The zero-order chi connectivity index (χ0) is 11.2. The van der Waals surface area contributed by atoms with Crippen LogP contribution in [0.4, 0.5) is 0 Å². The summed E-state index contributed by atoms with van der Waals surface area (Å²) in [4.78, 5) is 3.19. The minimum Gasteiger partial charge on any atom is -0.384 e. The fraction of sp³-hybridized carbons (Fsp3) is 0.385. The van der Waals surface area contributed by atoms with Crippen molar-refractivity contribution in [3.8, 4) is 0 Å². The summed E-state index contributed by atoms with van der Waals surface area (Å²) in [7, 11) is 0. The Morgan fingerprint density at radius 3 is 3.06 bits per heavy atom. The Bertz CT molecular complexity index is 521. The summed E-state index contributed by atoms with van der Waals surface area (Å²) >= 11 is 1.85. The second-order valence-electron chi connectivity index (χ2n) is 4.60. The molecule has 2 heterocycles. The van der Waals surface area contributed by atoms with Crippen molar-refractivity contribution in [1.29, 1.82) is 0 Å². The Kier molecular flexibility index (Phi) is 2.26. The third kappa shape index (κ3) is 1.46. The molecule has 16 heavy (non-hydrogen) atoms. The molecule has 0 radical (unpaired) electrons. The number of hydrogen-bond acceptors (Lipinski definition) is 2. The van der Waals surface area contributed by atoms with Crippen LogP contribution in [0, 0.1) is 0 Å². The predicted octanol–water partition coefficient (Wildman–Crippen LogP) is 2.88. The van der Waals surface area contributed by atoms with Crippen molar-refractivity contribution in [2.45, 2.75) is 24.2 Å². The molecule has 2 N–H and O–H groups in total. The number of hydrogen-bond donors (Lipinski definition) is 2. The first-order chi connectivity index (χ1) is 7.69. The molecule has 3 heteroatoms. The van der Waals surface area contributed by atoms with E-state index in [4.69, 9.17) is 0 Å². The van der Waals surface area contributed by atoms with Crippen LogP contribution in [0.15, 0.2) is 30.5 Å². The summed E-state index contributed by atoms with van der Waals surface area (Å²) in [5.74, 6) is 0.804. The van der Waals surface area contributed by atoms with Crippen LogP contribution in [0.2, 0.25) is 0 Å². The Labute approximate surface area is 99.1 Å². The molecule has 3 rings (SSSR count). The number of fused-ring (bicyclic) bond motifs is 1. The molecule has 1 aliphatic rings. The van der Waals surface area contributed by atoms with Gasteiger partial charge in [0.1, 0.15) is 5.60 Å². The van der Waals surface area contributed by atoms with Gasteiger partial charge < -0.3 is 10.1 Å². The number of aromatic amines is 1. The SMILES string of the molecule is CC1CC(O)(c2cccc3[nH]ccc23)CS1. The first-order valence-electron chi connectivity index (χ1n) is 5.60. The number of H-pyrrole nitrogens is 1. The van der Waals surface area contributed by atoms with Crippen LogP contribution in [0.1, 0.15) is 18.9 Å². The largest absolute Gasteiger partial charge is 0.384 e. The van der Waals surface area contributed by atoms with Crippen molar-refractivity contribution in [2.75, 3.05) is 5.75 Å². The van der Waals surface area contributed by atoms with Gasteiger partial charge in [0.25, 0.3) is 0 Å². The maximum absolute atomic E-state index is 10.7. The van der Waals surface area contributed by atoms with E-state index in [0.717, 1.165) is 28.6 Å². The minimum atomic E-state index is -0.647. The van der Waals surface area contributed by atoms with Gasteiger partial charge in [-0.05, 0) is 24.1 Å². The summed E-state index contributed by atoms with van der Waals surface area (Å²) < 4.78 is 0. The Hall–Kier alpha value is -0.930. The van der Waals surface area contributed by atoms with Gasteiger partial charge in [-0.3, -0.25) is 0 Å². The molecule has 1 aliphatic heterocycles. The lowest BCUT2D eigenvalue weighted by atomic mass is 9.89. The van der Waals surface area contributed by atoms with E-state index >= 15 is 0 Å². The third-order valence-electron chi connectivity index (χ3n) is 3.33. The maximum atomic E-state index is 10.7. The molecule has 2 nitrogen and oxygen atoms in total. The number of nitrogens with one attached hydrogen (secondary N) is 1. The van der Waals surface area contributed by atoms with Crippen LogP contribution >= 0.6 is 11.8 Å². The Morgan fingerprint density at radius 2 is 2.31 bits per heavy atom. The molecule has 1 saturated heterocycles. The van der Waals surface area contributed by atoms with Gasteiger partial charge in [-0.1, -0.05) is 19.1 Å². The Balaban J connectivity index is 2.15. The molecule has 1 aromatic heterocycles. The van der Waals surface area contributed by atoms with E-state index < -0.39 is 5.60 Å². The molecule has 1 fully saturated rings. The number of thioether (sulfide) groups is 1. The highest BCUT2D eigenvalue weighted by Gasteiger charge is 2.38. The number of aromatic nitrogens is 1. The third-order valence-corrected chi connectivity index (χ3v) is 4.71. The topological polar surface area (TPSA) is 36.0 Å². The first kappa shape index (κ1) is 10.2. The van der Waals surface area contributed by atoms with Gasteiger partial charge in [-0.15, -0.1) is 0 Å². The van der Waals surface area contributed by atoms with E-state index in [1.165, 1.54) is 0 Å². The van der Waals surface area contributed by atoms with Crippen molar-refractivity contribution in [3.05, 3.63) is 36.0 Å². The molecule has 2 atom stereocenters. The monoisotopic (exact) mass is 233 g/mol. The van der Waals surface area contributed by atoms with Crippen LogP contribution in [-0.4, -0.2) is 21.1 Å². The highest BCUT2D eigenvalue weighted by atomic mass is 32.2. The van der Waals surface area contributed by atoms with Gasteiger partial charge in [0.15, 0.2) is 0 Å². The normalized spacial score (nSPS) is 30.0. The standard InChI is InChI=1S/C13H15NOS/c1-9-7-13(15,8-16-9)11-3-2-4-12-10(11)5-6-14-12/h2-6,9,14-15H,7-8H2,1H3. The Morgan fingerprint density at radius 1 is 1.44 bits per heavy atom. The van der Waals surface area contributed by atoms with Crippen LogP contribution in [-0.2, 0) is 5.60 Å². The van der Waals surface area contributed by atoms with Gasteiger partial charge >= 0.3 is 0 Å². The van der Waals surface area contributed by atoms with Gasteiger partial charge in [0.2, 0.25) is 0 Å². The lowest BCUT2D eigenvalue weighted by molar-refractivity contribution is 0.0628. The molecule has 1 aromatic carbocycles. The van der Waals surface area contributed by atoms with E-state index in [0.29, 0.717) is 5.25 Å². The van der Waals surface area contributed by atoms with Gasteiger partial charge in [-0.2, -0.15) is 11.8 Å². The summed E-state index contributed by atoms with van der Waals surface area (Å²) in [6.07, 6.45) is 2.78. The van der Waals surface area contributed by atoms with Crippen LogP contribution in [0.3, 0.4) is 0 Å². The van der Waals surface area contributed by atoms with Crippen molar-refractivity contribution in [3.63, 3.8) is 0 Å². The predicted molar refractivity (Wildman–Crippen MR) is 68.7 cm³/mol. The van der Waals surface area contributed by atoms with Crippen LogP contribution in [0.5, 0.6) is 0 Å². The fourth-order valence-corrected chi connectivity index (χ4v) is 3.78. The van der Waals surface area contributed by atoms with Crippen molar-refractivity contribution in [2.24, 2.45) is 0 Å². The lowest BCUT2D eigenvalue weighted by Gasteiger charge is -2.23. The average Bonchev–Trinajstić information content (AvgIpc) is 2.85. The maximum Gasteiger partial charge on any atom is 0.100 e. The molecule has 2 aromatic rings. The van der Waals surface area contributed by atoms with E-state index in [1.807, 2.05) is 30.1 Å². The molecule has 0 bridgehead atoms. The number of aliphatic hydroxyl groups is 1. The second kappa shape index (κ2) is 3.54. The smallest absolute Gasteiger partial charge is 0.100 e. The second-order valence-corrected chi connectivity index (χ2v) is 6.03. The van der Waals surface area contributed by atoms with E-state index in [2.05, 4.69) is 24.0 Å². The van der Waals surface area contributed by atoms with Gasteiger partial charge in [-0.25, -0.2) is 0 Å². The molecule has 0 aliphatic carbocycles. The fourth-order valence-electron chi connectivity index (χ4n) is 2.55. The van der Waals surface area contributed by atoms with E-state index in [1.54, 1.807) is 0 Å². The molecule has 0 spiro atoms. The van der Waals surface area contributed by atoms with E-state index in [-0.39, 0.29) is 0 Å². The molecule has 0 amide bonds. The van der Waals surface area contributed by atoms with Crippen molar-refractivity contribution >= 4 is 22.7 Å². The zero-order valence-corrected chi connectivity index (χ0v) is 10.1. The first-order valence-corrected chi connectivity index (χ1v) is 6.64. The highest BCUT2D eigenvalue weighted by molar-refractivity contribution is 8.00. The zero-order valence-electron chi connectivity index (χ0n) is 9.23. The molecule has 2 unspecified atom stereocenters. The molecular weight excluding hydrogens is 218 g/mol. The minimum absolute atomic E-state index is 0.541.